The summed E-state index contributed by atoms with van der Waals surface area (Å²) in [7, 11) is 1.72. The van der Waals surface area contributed by atoms with Crippen molar-refractivity contribution >= 4 is 0 Å². The van der Waals surface area contributed by atoms with Gasteiger partial charge in [-0.1, -0.05) is 18.2 Å². The van der Waals surface area contributed by atoms with Gasteiger partial charge < -0.3 is 4.74 Å². The molecule has 0 radical (unpaired) electrons. The summed E-state index contributed by atoms with van der Waals surface area (Å²) < 4.78 is 5.34. The zero-order valence-electron chi connectivity index (χ0n) is 10.1. The summed E-state index contributed by atoms with van der Waals surface area (Å²) >= 11 is 0. The molecule has 0 bridgehead atoms. The Morgan fingerprint density at radius 3 is 2.53 bits per heavy atom. The lowest BCUT2D eigenvalue weighted by atomic mass is 10.0. The van der Waals surface area contributed by atoms with Crippen molar-refractivity contribution in [2.24, 2.45) is 0 Å². The highest BCUT2D eigenvalue weighted by atomic mass is 16.5. The van der Waals surface area contributed by atoms with Gasteiger partial charge in [0.15, 0.2) is 0 Å². The maximum atomic E-state index is 5.34. The third kappa shape index (κ3) is 3.31. The van der Waals surface area contributed by atoms with Gasteiger partial charge in [0.1, 0.15) is 5.75 Å². The molecule has 0 aliphatic carbocycles. The van der Waals surface area contributed by atoms with Crippen molar-refractivity contribution in [1.82, 2.24) is 4.98 Å². The maximum absolute atomic E-state index is 5.34. The fraction of sp³-hybridized carbons (Fsp3) is 0.267. The second kappa shape index (κ2) is 6.04. The third-order valence-electron chi connectivity index (χ3n) is 2.85. The lowest BCUT2D eigenvalue weighted by Gasteiger charge is -2.07. The number of benzene rings is 1. The van der Waals surface area contributed by atoms with Crippen molar-refractivity contribution < 1.29 is 4.74 Å². The summed E-state index contributed by atoms with van der Waals surface area (Å²) in [4.78, 5) is 4.02. The van der Waals surface area contributed by atoms with Crippen LogP contribution in [-0.2, 0) is 12.8 Å². The van der Waals surface area contributed by atoms with E-state index in [1.54, 1.807) is 7.11 Å². The van der Waals surface area contributed by atoms with Gasteiger partial charge in [-0.3, -0.25) is 4.98 Å². The minimum absolute atomic E-state index is 0.988. The van der Waals surface area contributed by atoms with Crippen molar-refractivity contribution in [3.05, 3.63) is 59.9 Å². The second-order valence-electron chi connectivity index (χ2n) is 4.02. The third-order valence-corrected chi connectivity index (χ3v) is 2.85. The Kier molecular flexibility index (Phi) is 4.14. The molecule has 2 heteroatoms. The Balaban J connectivity index is 1.90. The number of hydrogen-bond donors (Lipinski definition) is 0. The fourth-order valence-corrected chi connectivity index (χ4v) is 1.94. The van der Waals surface area contributed by atoms with E-state index in [2.05, 4.69) is 29.2 Å². The molecule has 2 rings (SSSR count). The smallest absolute Gasteiger partial charge is 0.122 e. The van der Waals surface area contributed by atoms with E-state index in [1.807, 2.05) is 24.5 Å². The van der Waals surface area contributed by atoms with Crippen LogP contribution in [0.3, 0.4) is 0 Å². The summed E-state index contributed by atoms with van der Waals surface area (Å²) in [5.74, 6) is 0.988. The van der Waals surface area contributed by atoms with E-state index in [4.69, 9.17) is 4.74 Å². The number of aromatic nitrogens is 1. The van der Waals surface area contributed by atoms with Gasteiger partial charge in [0.2, 0.25) is 0 Å². The molecule has 0 aliphatic heterocycles. The molecule has 0 N–H and O–H groups in total. The van der Waals surface area contributed by atoms with Crippen molar-refractivity contribution in [2.45, 2.75) is 19.3 Å². The van der Waals surface area contributed by atoms with E-state index in [-0.39, 0.29) is 0 Å². The van der Waals surface area contributed by atoms with E-state index in [9.17, 15) is 0 Å². The summed E-state index contributed by atoms with van der Waals surface area (Å²) in [6, 6.07) is 12.4. The molecule has 0 unspecified atom stereocenters. The van der Waals surface area contributed by atoms with Crippen molar-refractivity contribution in [3.63, 3.8) is 0 Å². The molecule has 0 atom stereocenters. The summed E-state index contributed by atoms with van der Waals surface area (Å²) in [5, 5.41) is 0. The molecule has 1 aromatic heterocycles. The van der Waals surface area contributed by atoms with Crippen LogP contribution in [0.15, 0.2) is 48.8 Å². The van der Waals surface area contributed by atoms with Crippen LogP contribution in [0.5, 0.6) is 5.75 Å². The Labute approximate surface area is 102 Å². The molecule has 0 fully saturated rings. The molecule has 0 spiro atoms. The average molecular weight is 227 g/mol. The predicted octanol–water partition coefficient (Wildman–Crippen LogP) is 3.27. The number of methoxy groups -OCH3 is 1. The number of para-hydroxylation sites is 1. The molecule has 1 aromatic carbocycles. The van der Waals surface area contributed by atoms with Crippen molar-refractivity contribution in [2.75, 3.05) is 7.11 Å². The van der Waals surface area contributed by atoms with Crippen LogP contribution < -0.4 is 4.74 Å². The topological polar surface area (TPSA) is 22.1 Å². The Bertz CT molecular complexity index is 453. The van der Waals surface area contributed by atoms with Crippen LogP contribution in [0.4, 0.5) is 0 Å². The molecule has 0 saturated heterocycles. The first-order valence-corrected chi connectivity index (χ1v) is 5.91. The zero-order chi connectivity index (χ0) is 11.9. The lowest BCUT2D eigenvalue weighted by molar-refractivity contribution is 0.409. The van der Waals surface area contributed by atoms with E-state index < -0.39 is 0 Å². The van der Waals surface area contributed by atoms with Gasteiger partial charge in [-0.15, -0.1) is 0 Å². The molecule has 0 aliphatic rings. The zero-order valence-corrected chi connectivity index (χ0v) is 10.1. The molecule has 1 heterocycles. The van der Waals surface area contributed by atoms with Crippen LogP contribution in [0, 0.1) is 0 Å². The number of nitrogens with zero attached hydrogens (tertiary/aromatic N) is 1. The number of aryl methyl sites for hydroxylation is 2. The Morgan fingerprint density at radius 2 is 1.76 bits per heavy atom. The van der Waals surface area contributed by atoms with Crippen LogP contribution in [0.25, 0.3) is 0 Å². The van der Waals surface area contributed by atoms with E-state index in [0.717, 1.165) is 25.0 Å². The monoisotopic (exact) mass is 227 g/mol. The maximum Gasteiger partial charge on any atom is 0.122 e. The van der Waals surface area contributed by atoms with E-state index >= 15 is 0 Å². The summed E-state index contributed by atoms with van der Waals surface area (Å²) in [5.41, 5.74) is 2.62. The molecule has 2 nitrogen and oxygen atoms in total. The first kappa shape index (κ1) is 11.6. The minimum atomic E-state index is 0.988. The highest BCUT2D eigenvalue weighted by Gasteiger charge is 2.01. The normalized spacial score (nSPS) is 10.2. The Morgan fingerprint density at radius 1 is 1.00 bits per heavy atom. The molecular formula is C15H17NO. The first-order valence-electron chi connectivity index (χ1n) is 5.91. The van der Waals surface area contributed by atoms with Gasteiger partial charge >= 0.3 is 0 Å². The fourth-order valence-electron chi connectivity index (χ4n) is 1.94. The van der Waals surface area contributed by atoms with Gasteiger partial charge in [-0.25, -0.2) is 0 Å². The highest BCUT2D eigenvalue weighted by Crippen LogP contribution is 2.19. The minimum Gasteiger partial charge on any atom is -0.496 e. The summed E-state index contributed by atoms with van der Waals surface area (Å²) in [6.45, 7) is 0. The van der Waals surface area contributed by atoms with Gasteiger partial charge in [0.05, 0.1) is 7.11 Å². The molecule has 2 aromatic rings. The molecule has 0 saturated carbocycles. The number of hydrogen-bond acceptors (Lipinski definition) is 2. The molecule has 17 heavy (non-hydrogen) atoms. The highest BCUT2D eigenvalue weighted by molar-refractivity contribution is 5.33. The largest absolute Gasteiger partial charge is 0.496 e. The van der Waals surface area contributed by atoms with Crippen LogP contribution in [0.2, 0.25) is 0 Å². The van der Waals surface area contributed by atoms with Gasteiger partial charge in [0.25, 0.3) is 0 Å². The average Bonchev–Trinajstić information content (AvgIpc) is 2.40. The van der Waals surface area contributed by atoms with Gasteiger partial charge in [-0.2, -0.15) is 0 Å². The number of ether oxygens (including phenoxy) is 1. The number of pyridine rings is 1. The standard InChI is InChI=1S/C15H17NO/c1-17-15-8-3-2-6-14(15)7-4-5-13-9-11-16-12-10-13/h2-3,6,8-12H,4-5,7H2,1H3. The molecular weight excluding hydrogens is 210 g/mol. The summed E-state index contributed by atoms with van der Waals surface area (Å²) in [6.07, 6.45) is 6.95. The SMILES string of the molecule is COc1ccccc1CCCc1ccncc1. The Hall–Kier alpha value is -1.83. The molecule has 0 amide bonds. The number of rotatable bonds is 5. The second-order valence-corrected chi connectivity index (χ2v) is 4.02. The molecule has 88 valence electrons. The van der Waals surface area contributed by atoms with Crippen LogP contribution in [0.1, 0.15) is 17.5 Å². The van der Waals surface area contributed by atoms with Crippen LogP contribution >= 0.6 is 0 Å². The van der Waals surface area contributed by atoms with Gasteiger partial charge in [-0.05, 0) is 48.6 Å². The predicted molar refractivity (Wildman–Crippen MR) is 69.3 cm³/mol. The van der Waals surface area contributed by atoms with E-state index in [1.165, 1.54) is 11.1 Å². The lowest BCUT2D eigenvalue weighted by Crippen LogP contribution is -1.94. The van der Waals surface area contributed by atoms with Crippen LogP contribution in [-0.4, -0.2) is 12.1 Å². The quantitative estimate of drug-likeness (QED) is 0.782. The van der Waals surface area contributed by atoms with Crippen molar-refractivity contribution in [3.8, 4) is 5.75 Å². The van der Waals surface area contributed by atoms with Gasteiger partial charge in [0, 0.05) is 12.4 Å². The first-order chi connectivity index (χ1) is 8.40. The van der Waals surface area contributed by atoms with Crippen molar-refractivity contribution in [1.29, 1.82) is 0 Å². The van der Waals surface area contributed by atoms with E-state index in [0.29, 0.717) is 0 Å².